The molecule has 0 aliphatic carbocycles. The molecule has 186 valence electrons. The Morgan fingerprint density at radius 1 is 1.00 bits per heavy atom. The van der Waals surface area contributed by atoms with Gasteiger partial charge in [0, 0.05) is 18.6 Å². The van der Waals surface area contributed by atoms with Gasteiger partial charge in [-0.15, -0.1) is 4.59 Å². The highest BCUT2D eigenvalue weighted by atomic mass is 19.1. The van der Waals surface area contributed by atoms with Gasteiger partial charge in [-0.2, -0.15) is 4.99 Å². The van der Waals surface area contributed by atoms with E-state index in [-0.39, 0.29) is 21.9 Å². The molecular formula is C30H27FN3O3+. The van der Waals surface area contributed by atoms with Crippen molar-refractivity contribution in [1.82, 2.24) is 4.59 Å². The van der Waals surface area contributed by atoms with Crippen molar-refractivity contribution in [2.45, 2.75) is 26.2 Å². The summed E-state index contributed by atoms with van der Waals surface area (Å²) in [5.41, 5.74) is 3.95. The van der Waals surface area contributed by atoms with Crippen LogP contribution in [0.5, 0.6) is 0 Å². The van der Waals surface area contributed by atoms with E-state index in [2.05, 4.69) is 6.92 Å². The fourth-order valence-corrected chi connectivity index (χ4v) is 4.50. The fourth-order valence-electron chi connectivity index (χ4n) is 4.50. The van der Waals surface area contributed by atoms with Crippen LogP contribution in [-0.4, -0.2) is 29.8 Å². The highest BCUT2D eigenvalue weighted by Crippen LogP contribution is 2.34. The van der Waals surface area contributed by atoms with E-state index in [4.69, 9.17) is 14.8 Å². The Bertz CT molecular complexity index is 1490. The van der Waals surface area contributed by atoms with E-state index >= 15 is 0 Å². The van der Waals surface area contributed by atoms with Crippen LogP contribution in [0.2, 0.25) is 0 Å². The molecule has 2 aliphatic rings. The lowest BCUT2D eigenvalue weighted by Gasteiger charge is -2.24. The van der Waals surface area contributed by atoms with Crippen molar-refractivity contribution in [2.75, 3.05) is 7.05 Å². The van der Waals surface area contributed by atoms with Gasteiger partial charge in [-0.05, 0) is 58.6 Å². The third-order valence-electron chi connectivity index (χ3n) is 6.55. The lowest BCUT2D eigenvalue weighted by atomic mass is 9.98. The maximum atomic E-state index is 14.5. The molecule has 7 heteroatoms. The summed E-state index contributed by atoms with van der Waals surface area (Å²) in [6.07, 6.45) is 5.42. The number of aliphatic hydroxyl groups excluding tert-OH is 1. The number of amidine groups is 2. The second kappa shape index (κ2) is 9.95. The molecule has 0 spiro atoms. The van der Waals surface area contributed by atoms with E-state index in [0.717, 1.165) is 53.6 Å². The van der Waals surface area contributed by atoms with Gasteiger partial charge in [0.05, 0.1) is 11.6 Å². The van der Waals surface area contributed by atoms with Crippen LogP contribution >= 0.6 is 0 Å². The average Bonchev–Trinajstić information content (AvgIpc) is 3.41. The standard InChI is InChI=1S/C30H26FN3O3/c1-3-4-13-28-32-30(24-11-7-8-12-25(24)31)33-34(28,2)22-16-14-20(15-17-22)23-10-6-5-9-21(23)18-27-26(35)19-29(36)37-27/h5-12,14-19H,3-4,13H2,1-2H3/p+1/b27-18-. The van der Waals surface area contributed by atoms with Crippen LogP contribution in [0, 0.1) is 5.82 Å². The number of benzene rings is 3. The van der Waals surface area contributed by atoms with Crippen LogP contribution in [0.25, 0.3) is 17.2 Å². The monoisotopic (exact) mass is 496 g/mol. The van der Waals surface area contributed by atoms with Crippen LogP contribution in [0.1, 0.15) is 37.3 Å². The van der Waals surface area contributed by atoms with Gasteiger partial charge in [0.2, 0.25) is 11.7 Å². The number of carbonyl (C=O) groups is 1. The number of cyclic esters (lactones) is 1. The molecular weight excluding hydrogens is 469 g/mol. The topological polar surface area (TPSA) is 71.2 Å². The minimum Gasteiger partial charge on any atom is -0.504 e. The number of rotatable bonds is 7. The first-order valence-corrected chi connectivity index (χ1v) is 12.2. The molecule has 1 atom stereocenters. The Hall–Kier alpha value is -4.36. The summed E-state index contributed by atoms with van der Waals surface area (Å²) in [5, 5.41) is 14.9. The Labute approximate surface area is 214 Å². The predicted octanol–water partition coefficient (Wildman–Crippen LogP) is 6.73. The largest absolute Gasteiger partial charge is 0.504 e. The van der Waals surface area contributed by atoms with Gasteiger partial charge in [-0.3, -0.25) is 0 Å². The summed E-state index contributed by atoms with van der Waals surface area (Å²) in [6.45, 7) is 2.13. The van der Waals surface area contributed by atoms with E-state index < -0.39 is 5.97 Å². The van der Waals surface area contributed by atoms with Crippen molar-refractivity contribution in [3.05, 3.63) is 107 Å². The number of aliphatic imine (C=N–C) groups is 1. The average molecular weight is 497 g/mol. The van der Waals surface area contributed by atoms with Crippen molar-refractivity contribution in [2.24, 2.45) is 10.1 Å². The van der Waals surface area contributed by atoms with Gasteiger partial charge in [-0.1, -0.05) is 49.7 Å². The zero-order valence-corrected chi connectivity index (χ0v) is 20.7. The highest BCUT2D eigenvalue weighted by Gasteiger charge is 2.39. The Kier molecular flexibility index (Phi) is 6.54. The van der Waals surface area contributed by atoms with Crippen molar-refractivity contribution < 1.29 is 19.0 Å². The second-order valence-corrected chi connectivity index (χ2v) is 9.09. The summed E-state index contributed by atoms with van der Waals surface area (Å²) in [5.74, 6) is 0.252. The molecule has 0 radical (unpaired) electrons. The van der Waals surface area contributed by atoms with Gasteiger partial charge in [0.1, 0.15) is 12.9 Å². The van der Waals surface area contributed by atoms with Crippen LogP contribution < -0.4 is 4.59 Å². The third kappa shape index (κ3) is 4.73. The number of aliphatic hydroxyl groups is 1. The zero-order valence-electron chi connectivity index (χ0n) is 20.7. The quantitative estimate of drug-likeness (QED) is 0.291. The smallest absolute Gasteiger partial charge is 0.340 e. The van der Waals surface area contributed by atoms with Crippen molar-refractivity contribution in [3.63, 3.8) is 0 Å². The molecule has 2 aliphatic heterocycles. The summed E-state index contributed by atoms with van der Waals surface area (Å²) in [4.78, 5) is 16.3. The molecule has 0 aromatic heterocycles. The summed E-state index contributed by atoms with van der Waals surface area (Å²) >= 11 is 0. The summed E-state index contributed by atoms with van der Waals surface area (Å²) in [7, 11) is 1.97. The highest BCUT2D eigenvalue weighted by molar-refractivity contribution is 6.13. The summed E-state index contributed by atoms with van der Waals surface area (Å²) < 4.78 is 19.8. The van der Waals surface area contributed by atoms with Gasteiger partial charge < -0.3 is 9.84 Å². The van der Waals surface area contributed by atoms with Gasteiger partial charge in [0.25, 0.3) is 0 Å². The first kappa shape index (κ1) is 24.3. The SMILES string of the molecule is CCCCC1=NC(c2ccccc2F)=N[N+]1(C)c1ccc(-c2ccccc2/C=C2\OC(=O)C=C2O)cc1. The number of nitrogens with zero attached hydrogens (tertiary/aromatic N) is 3. The zero-order chi connectivity index (χ0) is 26.0. The number of esters is 1. The third-order valence-corrected chi connectivity index (χ3v) is 6.55. The van der Waals surface area contributed by atoms with E-state index in [9.17, 15) is 14.3 Å². The number of hydrogen-bond acceptors (Lipinski definition) is 5. The molecule has 1 N–H and O–H groups in total. The molecule has 0 saturated heterocycles. The number of unbranched alkanes of at least 4 members (excludes halogenated alkanes) is 1. The molecule has 3 aromatic carbocycles. The second-order valence-electron chi connectivity index (χ2n) is 9.09. The molecule has 1 unspecified atom stereocenters. The predicted molar refractivity (Wildman–Crippen MR) is 144 cm³/mol. The van der Waals surface area contributed by atoms with Crippen molar-refractivity contribution in [1.29, 1.82) is 0 Å². The number of halogens is 1. The Morgan fingerprint density at radius 2 is 1.70 bits per heavy atom. The number of quaternary nitrogens is 1. The number of carbonyl (C=O) groups excluding carboxylic acids is 1. The van der Waals surface area contributed by atoms with Crippen LogP contribution in [0.4, 0.5) is 10.1 Å². The Morgan fingerprint density at radius 3 is 2.38 bits per heavy atom. The number of ether oxygens (including phenoxy) is 1. The van der Waals surface area contributed by atoms with Crippen LogP contribution in [0.15, 0.2) is 100 Å². The van der Waals surface area contributed by atoms with Crippen molar-refractivity contribution in [3.8, 4) is 11.1 Å². The maximum absolute atomic E-state index is 14.5. The van der Waals surface area contributed by atoms with Gasteiger partial charge in [0.15, 0.2) is 17.2 Å². The van der Waals surface area contributed by atoms with Gasteiger partial charge >= 0.3 is 5.97 Å². The minimum absolute atomic E-state index is 0.121. The molecule has 0 amide bonds. The number of hydrogen-bond donors (Lipinski definition) is 1. The molecule has 2 heterocycles. The lowest BCUT2D eigenvalue weighted by Crippen LogP contribution is -2.43. The maximum Gasteiger partial charge on any atom is 0.340 e. The first-order valence-electron chi connectivity index (χ1n) is 12.2. The molecule has 0 bridgehead atoms. The van der Waals surface area contributed by atoms with E-state index in [1.807, 2.05) is 55.6 Å². The fraction of sp³-hybridized carbons (Fsp3) is 0.167. The lowest BCUT2D eigenvalue weighted by molar-refractivity contribution is -0.132. The molecule has 37 heavy (non-hydrogen) atoms. The van der Waals surface area contributed by atoms with Crippen molar-refractivity contribution >= 4 is 29.4 Å². The molecule has 3 aromatic rings. The van der Waals surface area contributed by atoms with E-state index in [0.29, 0.717) is 11.4 Å². The van der Waals surface area contributed by atoms with Gasteiger partial charge in [-0.25, -0.2) is 9.18 Å². The van der Waals surface area contributed by atoms with E-state index in [1.165, 1.54) is 6.07 Å². The molecule has 0 fully saturated rings. The van der Waals surface area contributed by atoms with Crippen LogP contribution in [-0.2, 0) is 9.53 Å². The molecule has 6 nitrogen and oxygen atoms in total. The summed E-state index contributed by atoms with van der Waals surface area (Å²) in [6, 6.07) is 22.2. The minimum atomic E-state index is -0.594. The van der Waals surface area contributed by atoms with Crippen LogP contribution in [0.3, 0.4) is 0 Å². The first-order chi connectivity index (χ1) is 17.9. The Balaban J connectivity index is 1.50. The normalized spacial score (nSPS) is 20.0. The molecule has 5 rings (SSSR count). The van der Waals surface area contributed by atoms with E-state index in [1.54, 1.807) is 24.3 Å². The molecule has 0 saturated carbocycles.